The lowest BCUT2D eigenvalue weighted by Gasteiger charge is -2.30. The summed E-state index contributed by atoms with van der Waals surface area (Å²) in [6.45, 7) is 2.09. The van der Waals surface area contributed by atoms with Gasteiger partial charge in [0.15, 0.2) is 0 Å². The molecule has 1 aliphatic carbocycles. The van der Waals surface area contributed by atoms with Gasteiger partial charge in [-0.15, -0.1) is 0 Å². The van der Waals surface area contributed by atoms with Crippen LogP contribution in [0, 0.1) is 12.8 Å². The molecule has 0 saturated heterocycles. The largest absolute Gasteiger partial charge is 0.313 e. The van der Waals surface area contributed by atoms with Gasteiger partial charge in [0.1, 0.15) is 0 Å². The third kappa shape index (κ3) is 2.50. The third-order valence-electron chi connectivity index (χ3n) is 4.39. The molecule has 2 aromatic rings. The van der Waals surface area contributed by atoms with Crippen LogP contribution in [0.15, 0.2) is 30.3 Å². The van der Waals surface area contributed by atoms with Crippen molar-refractivity contribution < 1.29 is 0 Å². The van der Waals surface area contributed by atoms with Gasteiger partial charge in [0.05, 0.1) is 5.52 Å². The monoisotopic (exact) mass is 254 g/mol. The van der Waals surface area contributed by atoms with E-state index >= 15 is 0 Å². The van der Waals surface area contributed by atoms with Crippen LogP contribution in [-0.4, -0.2) is 12.0 Å². The van der Waals surface area contributed by atoms with Gasteiger partial charge in [-0.1, -0.05) is 37.5 Å². The lowest BCUT2D eigenvalue weighted by atomic mass is 9.79. The first-order valence-electron chi connectivity index (χ1n) is 7.31. The maximum Gasteiger partial charge on any atom is 0.0708 e. The highest BCUT2D eigenvalue weighted by Gasteiger charge is 2.23. The molecule has 1 saturated carbocycles. The Morgan fingerprint density at radius 3 is 2.79 bits per heavy atom. The van der Waals surface area contributed by atoms with Gasteiger partial charge in [0, 0.05) is 17.1 Å². The van der Waals surface area contributed by atoms with Crippen LogP contribution in [0.4, 0.5) is 0 Å². The zero-order valence-electron chi connectivity index (χ0n) is 11.8. The van der Waals surface area contributed by atoms with Crippen molar-refractivity contribution in [2.24, 2.45) is 5.92 Å². The predicted octanol–water partition coefficient (Wildman–Crippen LogP) is 3.99. The summed E-state index contributed by atoms with van der Waals surface area (Å²) < 4.78 is 0. The van der Waals surface area contributed by atoms with Gasteiger partial charge in [-0.3, -0.25) is 4.98 Å². The van der Waals surface area contributed by atoms with E-state index in [1.165, 1.54) is 36.6 Å². The quantitative estimate of drug-likeness (QED) is 0.892. The number of para-hydroxylation sites is 1. The van der Waals surface area contributed by atoms with Crippen molar-refractivity contribution in [3.63, 3.8) is 0 Å². The van der Waals surface area contributed by atoms with Gasteiger partial charge in [0.2, 0.25) is 0 Å². The average Bonchev–Trinajstić information content (AvgIpc) is 2.37. The second-order valence-electron chi connectivity index (χ2n) is 5.74. The third-order valence-corrected chi connectivity index (χ3v) is 4.39. The maximum atomic E-state index is 4.64. The molecule has 100 valence electrons. The number of hydrogen-bond acceptors (Lipinski definition) is 2. The molecule has 0 spiro atoms. The smallest absolute Gasteiger partial charge is 0.0708 e. The molecule has 1 aromatic heterocycles. The number of rotatable bonds is 4. The van der Waals surface area contributed by atoms with Gasteiger partial charge in [-0.2, -0.15) is 0 Å². The predicted molar refractivity (Wildman–Crippen MR) is 80.2 cm³/mol. The molecule has 1 fully saturated rings. The molecular formula is C17H22N2. The van der Waals surface area contributed by atoms with E-state index in [1.54, 1.807) is 0 Å². The van der Waals surface area contributed by atoms with Gasteiger partial charge >= 0.3 is 0 Å². The fourth-order valence-corrected chi connectivity index (χ4v) is 3.09. The SMILES string of the molecule is CNC(CC1CCC1)c1cc(C)nc2ccccc12. The van der Waals surface area contributed by atoms with Gasteiger partial charge in [0.25, 0.3) is 0 Å². The summed E-state index contributed by atoms with van der Waals surface area (Å²) in [5.74, 6) is 0.907. The van der Waals surface area contributed by atoms with Crippen LogP contribution in [-0.2, 0) is 0 Å². The first-order valence-corrected chi connectivity index (χ1v) is 7.31. The van der Waals surface area contributed by atoms with Gasteiger partial charge in [-0.05, 0) is 44.0 Å². The normalized spacial score (nSPS) is 17.4. The van der Waals surface area contributed by atoms with Crippen LogP contribution in [0.25, 0.3) is 10.9 Å². The highest BCUT2D eigenvalue weighted by Crippen LogP contribution is 2.36. The molecule has 1 atom stereocenters. The second-order valence-corrected chi connectivity index (χ2v) is 5.74. The fourth-order valence-electron chi connectivity index (χ4n) is 3.09. The highest BCUT2D eigenvalue weighted by molar-refractivity contribution is 5.82. The minimum Gasteiger partial charge on any atom is -0.313 e. The lowest BCUT2D eigenvalue weighted by molar-refractivity contribution is 0.266. The molecule has 1 heterocycles. The summed E-state index contributed by atoms with van der Waals surface area (Å²) in [7, 11) is 2.08. The van der Waals surface area contributed by atoms with Crippen molar-refractivity contribution in [2.45, 2.75) is 38.6 Å². The topological polar surface area (TPSA) is 24.9 Å². The number of hydrogen-bond donors (Lipinski definition) is 1. The van der Waals surface area contributed by atoms with E-state index in [2.05, 4.69) is 54.6 Å². The number of pyridine rings is 1. The Balaban J connectivity index is 2.00. The van der Waals surface area contributed by atoms with Crippen LogP contribution >= 0.6 is 0 Å². The van der Waals surface area contributed by atoms with Crippen molar-refractivity contribution in [2.75, 3.05) is 7.05 Å². The molecule has 3 rings (SSSR count). The number of aryl methyl sites for hydroxylation is 1. The average molecular weight is 254 g/mol. The Kier molecular flexibility index (Phi) is 3.52. The van der Waals surface area contributed by atoms with Crippen LogP contribution < -0.4 is 5.32 Å². The molecule has 2 nitrogen and oxygen atoms in total. The highest BCUT2D eigenvalue weighted by atomic mass is 14.9. The van der Waals surface area contributed by atoms with Crippen molar-refractivity contribution in [1.29, 1.82) is 0 Å². The van der Waals surface area contributed by atoms with Crippen molar-refractivity contribution >= 4 is 10.9 Å². The molecule has 0 radical (unpaired) electrons. The van der Waals surface area contributed by atoms with Crippen LogP contribution in [0.5, 0.6) is 0 Å². The van der Waals surface area contributed by atoms with Crippen molar-refractivity contribution in [1.82, 2.24) is 10.3 Å². The van der Waals surface area contributed by atoms with Crippen molar-refractivity contribution in [3.8, 4) is 0 Å². The van der Waals surface area contributed by atoms with Crippen LogP contribution in [0.1, 0.15) is 43.0 Å². The summed E-state index contributed by atoms with van der Waals surface area (Å²) in [5.41, 5.74) is 3.64. The Morgan fingerprint density at radius 1 is 1.32 bits per heavy atom. The van der Waals surface area contributed by atoms with E-state index in [0.717, 1.165) is 17.1 Å². The number of nitrogens with zero attached hydrogens (tertiary/aromatic N) is 1. The number of fused-ring (bicyclic) bond motifs is 1. The number of nitrogens with one attached hydrogen (secondary N) is 1. The van der Waals surface area contributed by atoms with Gasteiger partial charge in [-0.25, -0.2) is 0 Å². The molecule has 19 heavy (non-hydrogen) atoms. The minimum absolute atomic E-state index is 0.455. The van der Waals surface area contributed by atoms with Crippen LogP contribution in [0.3, 0.4) is 0 Å². The number of benzene rings is 1. The zero-order valence-corrected chi connectivity index (χ0v) is 11.8. The Labute approximate surface area is 115 Å². The van der Waals surface area contributed by atoms with Crippen molar-refractivity contribution in [3.05, 3.63) is 41.6 Å². The molecule has 1 unspecified atom stereocenters. The molecule has 1 aliphatic rings. The van der Waals surface area contributed by atoms with E-state index in [9.17, 15) is 0 Å². The van der Waals surface area contributed by atoms with E-state index in [1.807, 2.05) is 0 Å². The molecule has 0 aliphatic heterocycles. The lowest BCUT2D eigenvalue weighted by Crippen LogP contribution is -2.23. The number of aromatic nitrogens is 1. The first kappa shape index (κ1) is 12.6. The van der Waals surface area contributed by atoms with E-state index in [4.69, 9.17) is 0 Å². The molecule has 1 N–H and O–H groups in total. The summed E-state index contributed by atoms with van der Waals surface area (Å²) in [6, 6.07) is 11.2. The van der Waals surface area contributed by atoms with E-state index in [-0.39, 0.29) is 0 Å². The zero-order chi connectivity index (χ0) is 13.2. The summed E-state index contributed by atoms with van der Waals surface area (Å²) >= 11 is 0. The molecule has 2 heteroatoms. The minimum atomic E-state index is 0.455. The van der Waals surface area contributed by atoms with Gasteiger partial charge < -0.3 is 5.32 Å². The molecule has 1 aromatic carbocycles. The molecule has 0 bridgehead atoms. The maximum absolute atomic E-state index is 4.64. The molecular weight excluding hydrogens is 232 g/mol. The Morgan fingerprint density at radius 2 is 2.11 bits per heavy atom. The standard InChI is InChI=1S/C17H22N2/c1-12-10-15(14-8-3-4-9-16(14)19-12)17(18-2)11-13-6-5-7-13/h3-4,8-10,13,17-18H,5-7,11H2,1-2H3. The Bertz CT molecular complexity index is 572. The van der Waals surface area contributed by atoms with E-state index < -0.39 is 0 Å². The summed E-state index contributed by atoms with van der Waals surface area (Å²) in [6.07, 6.45) is 5.47. The first-order chi connectivity index (χ1) is 9.28. The van der Waals surface area contributed by atoms with E-state index in [0.29, 0.717) is 6.04 Å². The van der Waals surface area contributed by atoms with Crippen LogP contribution in [0.2, 0.25) is 0 Å². The Hall–Kier alpha value is -1.41. The summed E-state index contributed by atoms with van der Waals surface area (Å²) in [5, 5.41) is 4.81. The fraction of sp³-hybridized carbons (Fsp3) is 0.471. The second kappa shape index (κ2) is 5.30. The summed E-state index contributed by atoms with van der Waals surface area (Å²) in [4.78, 5) is 4.64. The molecule has 0 amide bonds.